The number of amides is 1. The molecule has 0 atom stereocenters. The van der Waals surface area contributed by atoms with Gasteiger partial charge < -0.3 is 10.2 Å². The third-order valence-electron chi connectivity index (χ3n) is 5.24. The number of anilines is 2. The number of piperazine rings is 1. The number of hydrogen-bond donors (Lipinski definition) is 1. The summed E-state index contributed by atoms with van der Waals surface area (Å²) in [6.07, 6.45) is 0. The molecular weight excluding hydrogens is 350 g/mol. The summed E-state index contributed by atoms with van der Waals surface area (Å²) in [7, 11) is 0. The molecule has 0 aliphatic carbocycles. The summed E-state index contributed by atoms with van der Waals surface area (Å²) in [5.41, 5.74) is 3.98. The van der Waals surface area contributed by atoms with Crippen LogP contribution < -0.4 is 10.2 Å². The van der Waals surface area contributed by atoms with Gasteiger partial charge in [0.15, 0.2) is 5.78 Å². The number of ketones is 1. The SMILES string of the molecule is CC(=O)c1ccc(N2CCN(CC(=O)Nc3ccc(C(C)C)cc3)CC2)cc1. The van der Waals surface area contributed by atoms with Crippen molar-refractivity contribution < 1.29 is 9.59 Å². The Morgan fingerprint density at radius 3 is 2.07 bits per heavy atom. The highest BCUT2D eigenvalue weighted by molar-refractivity contribution is 5.94. The maximum absolute atomic E-state index is 12.4. The molecule has 0 spiro atoms. The summed E-state index contributed by atoms with van der Waals surface area (Å²) in [5, 5.41) is 2.99. The Balaban J connectivity index is 1.47. The molecule has 0 radical (unpaired) electrons. The van der Waals surface area contributed by atoms with Gasteiger partial charge in [0.1, 0.15) is 0 Å². The summed E-state index contributed by atoms with van der Waals surface area (Å²) in [5.74, 6) is 0.595. The summed E-state index contributed by atoms with van der Waals surface area (Å²) in [6, 6.07) is 15.8. The quantitative estimate of drug-likeness (QED) is 0.776. The molecule has 1 aliphatic heterocycles. The van der Waals surface area contributed by atoms with E-state index < -0.39 is 0 Å². The second kappa shape index (κ2) is 9.02. The van der Waals surface area contributed by atoms with Gasteiger partial charge in [-0.3, -0.25) is 14.5 Å². The predicted molar refractivity (Wildman–Crippen MR) is 114 cm³/mol. The molecule has 3 rings (SSSR count). The van der Waals surface area contributed by atoms with Crippen molar-refractivity contribution in [2.75, 3.05) is 42.9 Å². The zero-order chi connectivity index (χ0) is 20.1. The molecule has 5 heteroatoms. The molecule has 1 N–H and O–H groups in total. The molecule has 0 unspecified atom stereocenters. The lowest BCUT2D eigenvalue weighted by Gasteiger charge is -2.35. The van der Waals surface area contributed by atoms with Gasteiger partial charge in [0.05, 0.1) is 6.54 Å². The average molecular weight is 380 g/mol. The number of Topliss-reactive ketones (excluding diaryl/α,β-unsaturated/α-hetero) is 1. The molecule has 1 amide bonds. The van der Waals surface area contributed by atoms with E-state index in [1.54, 1.807) is 6.92 Å². The van der Waals surface area contributed by atoms with Crippen LogP contribution in [0, 0.1) is 0 Å². The first-order valence-electron chi connectivity index (χ1n) is 9.90. The molecule has 0 bridgehead atoms. The fourth-order valence-electron chi connectivity index (χ4n) is 3.43. The molecule has 1 fully saturated rings. The van der Waals surface area contributed by atoms with E-state index in [0.717, 1.165) is 43.1 Å². The first-order chi connectivity index (χ1) is 13.4. The number of carbonyl (C=O) groups is 2. The number of rotatable bonds is 6. The van der Waals surface area contributed by atoms with Crippen molar-refractivity contribution in [2.45, 2.75) is 26.7 Å². The third-order valence-corrected chi connectivity index (χ3v) is 5.24. The lowest BCUT2D eigenvalue weighted by Crippen LogP contribution is -2.48. The minimum absolute atomic E-state index is 0.0246. The summed E-state index contributed by atoms with van der Waals surface area (Å²) < 4.78 is 0. The normalized spacial score (nSPS) is 14.9. The van der Waals surface area contributed by atoms with Crippen LogP contribution in [0.4, 0.5) is 11.4 Å². The number of benzene rings is 2. The standard InChI is InChI=1S/C23H29N3O2/c1-17(2)19-4-8-21(9-5-19)24-23(28)16-25-12-14-26(15-13-25)22-10-6-20(7-11-22)18(3)27/h4-11,17H,12-16H2,1-3H3,(H,24,28). The Bertz CT molecular complexity index is 805. The Morgan fingerprint density at radius 2 is 1.54 bits per heavy atom. The molecule has 28 heavy (non-hydrogen) atoms. The topological polar surface area (TPSA) is 52.7 Å². The number of carbonyl (C=O) groups excluding carboxylic acids is 2. The van der Waals surface area contributed by atoms with Crippen molar-refractivity contribution in [2.24, 2.45) is 0 Å². The van der Waals surface area contributed by atoms with Crippen LogP contribution in [0.1, 0.15) is 42.6 Å². The van der Waals surface area contributed by atoms with Crippen molar-refractivity contribution >= 4 is 23.1 Å². The molecular formula is C23H29N3O2. The largest absolute Gasteiger partial charge is 0.369 e. The fraction of sp³-hybridized carbons (Fsp3) is 0.391. The average Bonchev–Trinajstić information content (AvgIpc) is 2.69. The molecule has 2 aromatic rings. The van der Waals surface area contributed by atoms with Gasteiger partial charge in [-0.1, -0.05) is 26.0 Å². The first kappa shape index (κ1) is 20.1. The van der Waals surface area contributed by atoms with Crippen LogP contribution in [0.3, 0.4) is 0 Å². The number of nitrogens with zero attached hydrogens (tertiary/aromatic N) is 2. The Kier molecular flexibility index (Phi) is 6.47. The zero-order valence-corrected chi connectivity index (χ0v) is 16.9. The highest BCUT2D eigenvalue weighted by atomic mass is 16.2. The van der Waals surface area contributed by atoms with Crippen molar-refractivity contribution in [3.8, 4) is 0 Å². The van der Waals surface area contributed by atoms with E-state index in [-0.39, 0.29) is 11.7 Å². The van der Waals surface area contributed by atoms with E-state index in [4.69, 9.17) is 0 Å². The van der Waals surface area contributed by atoms with Gasteiger partial charge in [-0.05, 0) is 54.8 Å². The first-order valence-corrected chi connectivity index (χ1v) is 9.90. The molecule has 0 saturated carbocycles. The maximum atomic E-state index is 12.4. The second-order valence-corrected chi connectivity index (χ2v) is 7.69. The van der Waals surface area contributed by atoms with Gasteiger partial charge in [-0.25, -0.2) is 0 Å². The van der Waals surface area contributed by atoms with Crippen molar-refractivity contribution in [1.82, 2.24) is 4.90 Å². The van der Waals surface area contributed by atoms with Crippen LogP contribution in [0.15, 0.2) is 48.5 Å². The van der Waals surface area contributed by atoms with Gasteiger partial charge in [0, 0.05) is 43.1 Å². The van der Waals surface area contributed by atoms with Crippen LogP contribution in [0.5, 0.6) is 0 Å². The van der Waals surface area contributed by atoms with Gasteiger partial charge in [0.2, 0.25) is 5.91 Å². The van der Waals surface area contributed by atoms with Crippen LogP contribution >= 0.6 is 0 Å². The van der Waals surface area contributed by atoms with E-state index in [0.29, 0.717) is 12.5 Å². The molecule has 2 aromatic carbocycles. The van der Waals surface area contributed by atoms with Crippen molar-refractivity contribution in [3.63, 3.8) is 0 Å². The van der Waals surface area contributed by atoms with Crippen LogP contribution in [-0.2, 0) is 4.79 Å². The highest BCUT2D eigenvalue weighted by Crippen LogP contribution is 2.19. The number of nitrogens with one attached hydrogen (secondary N) is 1. The van der Waals surface area contributed by atoms with Crippen molar-refractivity contribution in [1.29, 1.82) is 0 Å². The summed E-state index contributed by atoms with van der Waals surface area (Å²) >= 11 is 0. The van der Waals surface area contributed by atoms with E-state index in [1.165, 1.54) is 5.56 Å². The van der Waals surface area contributed by atoms with E-state index in [1.807, 2.05) is 36.4 Å². The monoisotopic (exact) mass is 379 g/mol. The summed E-state index contributed by atoms with van der Waals surface area (Å²) in [4.78, 5) is 28.2. The van der Waals surface area contributed by atoms with Crippen LogP contribution in [0.2, 0.25) is 0 Å². The fourth-order valence-corrected chi connectivity index (χ4v) is 3.43. The van der Waals surface area contributed by atoms with Gasteiger partial charge in [0.25, 0.3) is 0 Å². The van der Waals surface area contributed by atoms with Crippen LogP contribution in [0.25, 0.3) is 0 Å². The molecule has 0 aromatic heterocycles. The van der Waals surface area contributed by atoms with Gasteiger partial charge >= 0.3 is 0 Å². The minimum atomic E-state index is 0.0246. The van der Waals surface area contributed by atoms with Crippen molar-refractivity contribution in [3.05, 3.63) is 59.7 Å². The van der Waals surface area contributed by atoms with E-state index in [2.05, 4.69) is 41.1 Å². The molecule has 1 aliphatic rings. The smallest absolute Gasteiger partial charge is 0.238 e. The Hall–Kier alpha value is -2.66. The maximum Gasteiger partial charge on any atom is 0.238 e. The lowest BCUT2D eigenvalue weighted by atomic mass is 10.0. The predicted octanol–water partition coefficient (Wildman–Crippen LogP) is 3.77. The summed E-state index contributed by atoms with van der Waals surface area (Å²) in [6.45, 7) is 9.73. The van der Waals surface area contributed by atoms with Gasteiger partial charge in [-0.15, -0.1) is 0 Å². The highest BCUT2D eigenvalue weighted by Gasteiger charge is 2.19. The molecule has 1 heterocycles. The Morgan fingerprint density at radius 1 is 0.929 bits per heavy atom. The molecule has 5 nitrogen and oxygen atoms in total. The van der Waals surface area contributed by atoms with Gasteiger partial charge in [-0.2, -0.15) is 0 Å². The lowest BCUT2D eigenvalue weighted by molar-refractivity contribution is -0.117. The second-order valence-electron chi connectivity index (χ2n) is 7.69. The van der Waals surface area contributed by atoms with E-state index in [9.17, 15) is 9.59 Å². The molecule has 1 saturated heterocycles. The third kappa shape index (κ3) is 5.20. The number of hydrogen-bond acceptors (Lipinski definition) is 4. The van der Waals surface area contributed by atoms with Crippen LogP contribution in [-0.4, -0.2) is 49.3 Å². The molecule has 148 valence electrons. The Labute approximate surface area is 167 Å². The zero-order valence-electron chi connectivity index (χ0n) is 16.9. The minimum Gasteiger partial charge on any atom is -0.369 e. The van der Waals surface area contributed by atoms with E-state index >= 15 is 0 Å².